The first-order valence-electron chi connectivity index (χ1n) is 5.47. The Labute approximate surface area is 93.3 Å². The van der Waals surface area contributed by atoms with Crippen molar-refractivity contribution in [1.29, 1.82) is 0 Å². The fraction of sp³-hybridized carbons (Fsp3) is 0.308. The third-order valence-corrected chi connectivity index (χ3v) is 3.32. The molecule has 0 amide bonds. The van der Waals surface area contributed by atoms with E-state index in [0.717, 1.165) is 10.8 Å². The summed E-state index contributed by atoms with van der Waals surface area (Å²) in [6.45, 7) is 0. The minimum Gasteiger partial charge on any atom is -0.327 e. The molecule has 1 aliphatic carbocycles. The normalized spacial score (nSPS) is 29.0. The van der Waals surface area contributed by atoms with Crippen LogP contribution in [0.3, 0.4) is 0 Å². The van der Waals surface area contributed by atoms with Crippen molar-refractivity contribution in [2.45, 2.75) is 24.6 Å². The van der Waals surface area contributed by atoms with Crippen LogP contribution in [0, 0.1) is 0 Å². The lowest BCUT2D eigenvalue weighted by molar-refractivity contribution is 0.0418. The maximum Gasteiger partial charge on any atom is 0.141 e. The lowest BCUT2D eigenvalue weighted by Gasteiger charge is -2.39. The molecule has 82 valence electrons. The zero-order chi connectivity index (χ0) is 11.2. The van der Waals surface area contributed by atoms with Gasteiger partial charge in [0.2, 0.25) is 0 Å². The van der Waals surface area contributed by atoms with Crippen LogP contribution in [-0.4, -0.2) is 11.0 Å². The largest absolute Gasteiger partial charge is 0.327 e. The Kier molecular flexibility index (Phi) is 1.98. The van der Waals surface area contributed by atoms with E-state index in [4.69, 9.17) is 5.73 Å². The Morgan fingerprint density at radius 2 is 2.00 bits per heavy atom. The van der Waals surface area contributed by atoms with Crippen LogP contribution >= 0.6 is 0 Å². The van der Waals surface area contributed by atoms with Gasteiger partial charge in [0.15, 0.2) is 0 Å². The van der Waals surface area contributed by atoms with E-state index < -0.39 is 5.67 Å². The van der Waals surface area contributed by atoms with Crippen molar-refractivity contribution >= 4 is 10.8 Å². The molecular formula is C13H13FN2. The highest BCUT2D eigenvalue weighted by molar-refractivity contribution is 5.85. The summed E-state index contributed by atoms with van der Waals surface area (Å²) in [7, 11) is 0. The number of benzene rings is 1. The summed E-state index contributed by atoms with van der Waals surface area (Å²) in [5, 5.41) is 1.93. The van der Waals surface area contributed by atoms with Crippen molar-refractivity contribution in [2.75, 3.05) is 0 Å². The molecule has 2 N–H and O–H groups in total. The smallest absolute Gasteiger partial charge is 0.141 e. The van der Waals surface area contributed by atoms with Gasteiger partial charge in [-0.1, -0.05) is 24.3 Å². The molecule has 2 aromatic rings. The quantitative estimate of drug-likeness (QED) is 0.795. The predicted molar refractivity (Wildman–Crippen MR) is 61.7 cm³/mol. The minimum absolute atomic E-state index is 0.0102. The second-order valence-electron chi connectivity index (χ2n) is 4.54. The van der Waals surface area contributed by atoms with Gasteiger partial charge in [0.1, 0.15) is 5.67 Å². The summed E-state index contributed by atoms with van der Waals surface area (Å²) in [4.78, 5) is 4.11. The van der Waals surface area contributed by atoms with Gasteiger partial charge in [-0.2, -0.15) is 0 Å². The van der Waals surface area contributed by atoms with Gasteiger partial charge in [-0.15, -0.1) is 0 Å². The van der Waals surface area contributed by atoms with Crippen LogP contribution in [0.15, 0.2) is 36.7 Å². The van der Waals surface area contributed by atoms with Gasteiger partial charge >= 0.3 is 0 Å². The van der Waals surface area contributed by atoms with Crippen LogP contribution in [0.4, 0.5) is 4.39 Å². The first-order valence-corrected chi connectivity index (χ1v) is 5.47. The number of rotatable bonds is 1. The number of hydrogen-bond acceptors (Lipinski definition) is 2. The molecule has 3 rings (SSSR count). The number of alkyl halides is 1. The Bertz CT molecular complexity index is 527. The van der Waals surface area contributed by atoms with Crippen LogP contribution < -0.4 is 5.73 Å². The van der Waals surface area contributed by atoms with Gasteiger partial charge in [0, 0.05) is 42.2 Å². The topological polar surface area (TPSA) is 38.9 Å². The second-order valence-corrected chi connectivity index (χ2v) is 4.54. The third-order valence-electron chi connectivity index (χ3n) is 3.32. The summed E-state index contributed by atoms with van der Waals surface area (Å²) in [5.74, 6) is 0. The summed E-state index contributed by atoms with van der Waals surface area (Å²) in [5.41, 5.74) is 5.09. The predicted octanol–water partition coefficient (Wildman–Crippen LogP) is 2.52. The first kappa shape index (κ1) is 9.73. The van der Waals surface area contributed by atoms with Crippen molar-refractivity contribution in [2.24, 2.45) is 5.73 Å². The van der Waals surface area contributed by atoms with E-state index in [0.29, 0.717) is 18.4 Å². The fourth-order valence-electron chi connectivity index (χ4n) is 2.46. The fourth-order valence-corrected chi connectivity index (χ4v) is 2.46. The number of hydrogen-bond donors (Lipinski definition) is 1. The molecule has 1 aromatic heterocycles. The van der Waals surface area contributed by atoms with Gasteiger partial charge in [0.25, 0.3) is 0 Å². The molecule has 1 saturated carbocycles. The molecule has 0 bridgehead atoms. The molecule has 2 nitrogen and oxygen atoms in total. The van der Waals surface area contributed by atoms with E-state index in [2.05, 4.69) is 4.98 Å². The zero-order valence-corrected chi connectivity index (χ0v) is 8.86. The molecule has 1 aromatic carbocycles. The number of fused-ring (bicyclic) bond motifs is 1. The second kappa shape index (κ2) is 3.25. The van der Waals surface area contributed by atoms with Gasteiger partial charge in [-0.05, 0) is 5.39 Å². The molecule has 0 unspecified atom stereocenters. The van der Waals surface area contributed by atoms with E-state index in [1.807, 2.05) is 24.3 Å². The molecule has 0 saturated heterocycles. The number of halogens is 1. The van der Waals surface area contributed by atoms with E-state index in [1.54, 1.807) is 12.4 Å². The van der Waals surface area contributed by atoms with Gasteiger partial charge < -0.3 is 5.73 Å². The van der Waals surface area contributed by atoms with Gasteiger partial charge in [0.05, 0.1) is 0 Å². The molecular weight excluding hydrogens is 203 g/mol. The van der Waals surface area contributed by atoms with Crippen molar-refractivity contribution < 1.29 is 4.39 Å². The molecule has 0 aliphatic heterocycles. The molecule has 3 heteroatoms. The molecule has 1 aliphatic rings. The monoisotopic (exact) mass is 216 g/mol. The Hall–Kier alpha value is -1.48. The number of aromatic nitrogens is 1. The van der Waals surface area contributed by atoms with Crippen LogP contribution in [0.25, 0.3) is 10.8 Å². The van der Waals surface area contributed by atoms with Gasteiger partial charge in [-0.25, -0.2) is 4.39 Å². The summed E-state index contributed by atoms with van der Waals surface area (Å²) in [6, 6.07) is 7.74. The Balaban J connectivity index is 2.17. The number of nitrogens with zero attached hydrogens (tertiary/aromatic N) is 1. The highest BCUT2D eigenvalue weighted by atomic mass is 19.1. The Morgan fingerprint density at radius 1 is 1.25 bits per heavy atom. The summed E-state index contributed by atoms with van der Waals surface area (Å²) < 4.78 is 14.5. The van der Waals surface area contributed by atoms with E-state index in [-0.39, 0.29) is 6.04 Å². The van der Waals surface area contributed by atoms with Gasteiger partial charge in [-0.3, -0.25) is 4.98 Å². The SMILES string of the molecule is NC1CC(F)(c2cncc3ccccc23)C1. The highest BCUT2D eigenvalue weighted by Gasteiger charge is 2.45. The van der Waals surface area contributed by atoms with Crippen molar-refractivity contribution in [1.82, 2.24) is 4.98 Å². The average molecular weight is 216 g/mol. The van der Waals surface area contributed by atoms with Crippen LogP contribution in [0.1, 0.15) is 18.4 Å². The Morgan fingerprint density at radius 3 is 2.75 bits per heavy atom. The van der Waals surface area contributed by atoms with E-state index in [1.165, 1.54) is 0 Å². The number of nitrogens with two attached hydrogens (primary N) is 1. The molecule has 0 spiro atoms. The summed E-state index contributed by atoms with van der Waals surface area (Å²) in [6.07, 6.45) is 4.21. The highest BCUT2D eigenvalue weighted by Crippen LogP contribution is 2.46. The minimum atomic E-state index is -1.27. The zero-order valence-electron chi connectivity index (χ0n) is 8.86. The number of pyridine rings is 1. The lowest BCUT2D eigenvalue weighted by atomic mass is 9.72. The van der Waals surface area contributed by atoms with E-state index >= 15 is 0 Å². The maximum atomic E-state index is 14.5. The molecule has 16 heavy (non-hydrogen) atoms. The summed E-state index contributed by atoms with van der Waals surface area (Å²) >= 11 is 0. The van der Waals surface area contributed by atoms with Crippen LogP contribution in [0.2, 0.25) is 0 Å². The molecule has 0 atom stereocenters. The van der Waals surface area contributed by atoms with Crippen molar-refractivity contribution in [3.63, 3.8) is 0 Å². The standard InChI is InChI=1S/C13H13FN2/c14-13(5-10(15)6-13)12-8-16-7-9-3-1-2-4-11(9)12/h1-4,7-8,10H,5-6,15H2. The molecule has 0 radical (unpaired) electrons. The van der Waals surface area contributed by atoms with Crippen LogP contribution in [0.5, 0.6) is 0 Å². The van der Waals surface area contributed by atoms with Crippen molar-refractivity contribution in [3.05, 3.63) is 42.2 Å². The molecule has 1 heterocycles. The maximum absolute atomic E-state index is 14.5. The van der Waals surface area contributed by atoms with E-state index in [9.17, 15) is 4.39 Å². The third kappa shape index (κ3) is 1.32. The average Bonchev–Trinajstić information content (AvgIpc) is 2.26. The molecule has 1 fully saturated rings. The van der Waals surface area contributed by atoms with Crippen LogP contribution in [-0.2, 0) is 5.67 Å². The lowest BCUT2D eigenvalue weighted by Crippen LogP contribution is -2.46. The van der Waals surface area contributed by atoms with Crippen molar-refractivity contribution in [3.8, 4) is 0 Å². The first-order chi connectivity index (χ1) is 7.69.